The Bertz CT molecular complexity index is 787. The third-order valence-corrected chi connectivity index (χ3v) is 3.52. The Hall–Kier alpha value is -3.04. The molecular weight excluding hydrogens is 546 g/mol. The highest BCUT2D eigenvalue weighted by Gasteiger charge is 1.86. The van der Waals surface area contributed by atoms with E-state index in [0.717, 1.165) is 0 Å². The summed E-state index contributed by atoms with van der Waals surface area (Å²) in [5, 5.41) is 14.7. The van der Waals surface area contributed by atoms with Gasteiger partial charge in [-0.25, -0.2) is 0 Å². The third kappa shape index (κ3) is 53.9. The van der Waals surface area contributed by atoms with Crippen LogP contribution in [0.15, 0.2) is 107 Å². The highest BCUT2D eigenvalue weighted by atomic mass is 15.0. The van der Waals surface area contributed by atoms with Gasteiger partial charge in [0.25, 0.3) is 0 Å². The Morgan fingerprint density at radius 3 is 0.489 bits per heavy atom. The van der Waals surface area contributed by atoms with Crippen LogP contribution in [0.25, 0.3) is 21.5 Å². The second-order valence-electron chi connectivity index (χ2n) is 9.84. The molecule has 1 N–H and O–H groups in total. The molecule has 0 spiro atoms. The van der Waals surface area contributed by atoms with Crippen molar-refractivity contribution in [2.45, 2.75) is 122 Å². The van der Waals surface area contributed by atoms with Crippen LogP contribution in [-0.2, 0) is 0 Å². The van der Waals surface area contributed by atoms with Crippen molar-refractivity contribution >= 4 is 21.5 Å². The molecular formula is C42H77N3. The lowest BCUT2D eigenvalue weighted by atomic mass is 10.1. The van der Waals surface area contributed by atoms with Gasteiger partial charge in [0.15, 0.2) is 0 Å². The Morgan fingerprint density at radius 1 is 0.333 bits per heavy atom. The molecule has 0 amide bonds. The highest BCUT2D eigenvalue weighted by Crippen LogP contribution is 2.12. The molecule has 0 atom stereocenters. The van der Waals surface area contributed by atoms with Gasteiger partial charge in [0, 0.05) is 14.1 Å². The molecule has 4 aromatic rings. The van der Waals surface area contributed by atoms with E-state index in [1.807, 2.05) is 14.1 Å². The molecule has 45 heavy (non-hydrogen) atoms. The lowest BCUT2D eigenvalue weighted by molar-refractivity contribution is 1.02. The van der Waals surface area contributed by atoms with Crippen LogP contribution in [-0.4, -0.2) is 28.2 Å². The SMILES string of the molecule is CCC.CCC.CCC.CCC.CCC.CCC.CN=NC.CNC.c1ccc2ccccc2c1.c1ccc2ccccc2c1. The van der Waals surface area contributed by atoms with E-state index in [1.165, 1.54) is 60.1 Å². The summed E-state index contributed by atoms with van der Waals surface area (Å²) in [5.74, 6) is 0. The zero-order chi connectivity index (χ0) is 36.0. The molecule has 0 saturated carbocycles. The number of nitrogens with one attached hydrogen (secondary N) is 1. The van der Waals surface area contributed by atoms with Crippen LogP contribution in [0.2, 0.25) is 0 Å². The lowest BCUT2D eigenvalue weighted by Crippen LogP contribution is -1.89. The van der Waals surface area contributed by atoms with E-state index in [9.17, 15) is 0 Å². The predicted octanol–water partition coefficient (Wildman–Crippen LogP) is 14.7. The first-order chi connectivity index (χ1) is 21.7. The van der Waals surface area contributed by atoms with Crippen molar-refractivity contribution < 1.29 is 0 Å². The topological polar surface area (TPSA) is 36.8 Å². The standard InChI is InChI=1S/2C10H8.6C3H8.C2H6N2.C2H7N/c2*1-2-6-10-8-4-3-7-9(10)5-1;6*1-3-2;1-3-4-2;1-3-2/h2*1-8H;6*3H2,1-2H3;1-2H3;3H,1-2H3. The highest BCUT2D eigenvalue weighted by molar-refractivity contribution is 5.82. The fourth-order valence-corrected chi connectivity index (χ4v) is 2.27. The summed E-state index contributed by atoms with van der Waals surface area (Å²) in [5.41, 5.74) is 0. The predicted molar refractivity (Wildman–Crippen MR) is 215 cm³/mol. The molecule has 0 aliphatic heterocycles. The minimum atomic E-state index is 1.25. The molecule has 0 aliphatic rings. The van der Waals surface area contributed by atoms with Crippen LogP contribution in [0.5, 0.6) is 0 Å². The molecule has 3 nitrogen and oxygen atoms in total. The molecule has 4 rings (SSSR count). The lowest BCUT2D eigenvalue weighted by Gasteiger charge is -1.92. The fraction of sp³-hybridized carbons (Fsp3) is 0.524. The molecule has 0 heterocycles. The molecule has 0 bridgehead atoms. The number of rotatable bonds is 0. The normalized spacial score (nSPS) is 8.09. The van der Waals surface area contributed by atoms with E-state index >= 15 is 0 Å². The second-order valence-corrected chi connectivity index (χ2v) is 9.84. The van der Waals surface area contributed by atoms with Crippen LogP contribution < -0.4 is 5.32 Å². The minimum absolute atomic E-state index is 1.25. The summed E-state index contributed by atoms with van der Waals surface area (Å²) in [6.07, 6.45) is 7.50. The van der Waals surface area contributed by atoms with Crippen LogP contribution in [0, 0.1) is 0 Å². The molecule has 3 heteroatoms. The van der Waals surface area contributed by atoms with Gasteiger partial charge >= 0.3 is 0 Å². The Labute approximate surface area is 283 Å². The zero-order valence-corrected chi connectivity index (χ0v) is 32.9. The number of azo groups is 1. The average molecular weight is 624 g/mol. The van der Waals surface area contributed by atoms with Gasteiger partial charge in [0.05, 0.1) is 0 Å². The number of hydrogen-bond donors (Lipinski definition) is 1. The summed E-state index contributed by atoms with van der Waals surface area (Å²) in [7, 11) is 7.03. The zero-order valence-electron chi connectivity index (χ0n) is 32.9. The van der Waals surface area contributed by atoms with Gasteiger partial charge in [0.2, 0.25) is 0 Å². The maximum atomic E-state index is 3.36. The number of hydrogen-bond acceptors (Lipinski definition) is 3. The summed E-state index contributed by atoms with van der Waals surface area (Å²) >= 11 is 0. The first-order valence-electron chi connectivity index (χ1n) is 17.4. The van der Waals surface area contributed by atoms with Crippen molar-refractivity contribution in [2.75, 3.05) is 28.2 Å². The molecule has 0 fully saturated rings. The summed E-state index contributed by atoms with van der Waals surface area (Å²) in [6, 6.07) is 33.4. The number of benzene rings is 4. The van der Waals surface area contributed by atoms with Gasteiger partial charge in [-0.15, -0.1) is 0 Å². The van der Waals surface area contributed by atoms with Gasteiger partial charge in [-0.05, 0) is 35.6 Å². The van der Waals surface area contributed by atoms with Gasteiger partial charge in [0.1, 0.15) is 0 Å². The molecule has 0 radical (unpaired) electrons. The van der Waals surface area contributed by atoms with E-state index in [0.29, 0.717) is 0 Å². The smallest absolute Gasteiger partial charge is 0.0487 e. The van der Waals surface area contributed by atoms with Crippen molar-refractivity contribution in [3.05, 3.63) is 97.1 Å². The van der Waals surface area contributed by atoms with Crippen LogP contribution in [0.3, 0.4) is 0 Å². The van der Waals surface area contributed by atoms with E-state index < -0.39 is 0 Å². The Morgan fingerprint density at radius 2 is 0.422 bits per heavy atom. The van der Waals surface area contributed by atoms with Crippen LogP contribution >= 0.6 is 0 Å². The van der Waals surface area contributed by atoms with E-state index in [2.05, 4.69) is 196 Å². The first kappa shape index (κ1) is 54.4. The van der Waals surface area contributed by atoms with Crippen molar-refractivity contribution in [3.8, 4) is 0 Å². The third-order valence-electron chi connectivity index (χ3n) is 3.52. The van der Waals surface area contributed by atoms with Crippen LogP contribution in [0.1, 0.15) is 122 Å². The van der Waals surface area contributed by atoms with Crippen molar-refractivity contribution in [1.29, 1.82) is 0 Å². The van der Waals surface area contributed by atoms with Crippen LogP contribution in [0.4, 0.5) is 0 Å². The van der Waals surface area contributed by atoms with Crippen molar-refractivity contribution in [1.82, 2.24) is 5.32 Å². The summed E-state index contributed by atoms with van der Waals surface area (Å²) in [6.45, 7) is 25.5. The molecule has 0 unspecified atom stereocenters. The van der Waals surface area contributed by atoms with Crippen molar-refractivity contribution in [2.24, 2.45) is 10.2 Å². The molecule has 4 aromatic carbocycles. The Kier molecular flexibility index (Phi) is 68.6. The minimum Gasteiger partial charge on any atom is -0.323 e. The van der Waals surface area contributed by atoms with E-state index in [4.69, 9.17) is 0 Å². The van der Waals surface area contributed by atoms with Gasteiger partial charge in [-0.2, -0.15) is 10.2 Å². The molecule has 260 valence electrons. The van der Waals surface area contributed by atoms with E-state index in [1.54, 1.807) is 14.1 Å². The quantitative estimate of drug-likeness (QED) is 0.194. The van der Waals surface area contributed by atoms with Gasteiger partial charge in [-0.3, -0.25) is 0 Å². The van der Waals surface area contributed by atoms with E-state index in [-0.39, 0.29) is 0 Å². The van der Waals surface area contributed by atoms with Crippen molar-refractivity contribution in [3.63, 3.8) is 0 Å². The Balaban J connectivity index is -0.000000101. The first-order valence-corrected chi connectivity index (χ1v) is 17.4. The maximum absolute atomic E-state index is 3.36. The second kappa shape index (κ2) is 56.7. The number of nitrogens with zero attached hydrogens (tertiary/aromatic N) is 2. The van der Waals surface area contributed by atoms with Gasteiger partial charge in [-0.1, -0.05) is 219 Å². The fourth-order valence-electron chi connectivity index (χ4n) is 2.27. The molecule has 0 saturated heterocycles. The largest absolute Gasteiger partial charge is 0.323 e. The average Bonchev–Trinajstić information content (AvgIpc) is 3.04. The molecule has 0 aromatic heterocycles. The summed E-state index contributed by atoms with van der Waals surface area (Å²) < 4.78 is 0. The molecule has 0 aliphatic carbocycles. The summed E-state index contributed by atoms with van der Waals surface area (Å²) in [4.78, 5) is 0. The monoisotopic (exact) mass is 624 g/mol. The number of fused-ring (bicyclic) bond motifs is 2. The van der Waals surface area contributed by atoms with Gasteiger partial charge < -0.3 is 5.32 Å². The maximum Gasteiger partial charge on any atom is 0.0487 e.